The molecule has 3 aliphatic rings. The maximum atomic E-state index is 2.61. The van der Waals surface area contributed by atoms with Crippen molar-refractivity contribution in [2.75, 3.05) is 4.90 Å². The zero-order valence-electron chi connectivity index (χ0n) is 24.9. The minimum Gasteiger partial charge on any atom is -0.333 e. The molecule has 1 aliphatic heterocycles. The number of hydrogen-bond acceptors (Lipinski definition) is 2. The van der Waals surface area contributed by atoms with E-state index < -0.39 is 0 Å². The van der Waals surface area contributed by atoms with Gasteiger partial charge in [-0.1, -0.05) is 127 Å². The summed E-state index contributed by atoms with van der Waals surface area (Å²) in [5.74, 6) is 0.275. The van der Waals surface area contributed by atoms with Crippen LogP contribution in [0.15, 0.2) is 146 Å². The Kier molecular flexibility index (Phi) is 4.89. The van der Waals surface area contributed by atoms with Gasteiger partial charge < -0.3 is 4.90 Å². The Hall–Kier alpha value is -5.44. The normalized spacial score (nSPS) is 17.0. The van der Waals surface area contributed by atoms with E-state index in [4.69, 9.17) is 0 Å². The Morgan fingerprint density at radius 2 is 1.26 bits per heavy atom. The molecule has 0 saturated carbocycles. The zero-order valence-corrected chi connectivity index (χ0v) is 25.8. The SMILES string of the molecule is C1=CC2C(c3sc4ccccc4c31)c1c(ccc3ccccc13)N2c1cccc(-c2ccc3c4c(cccc24)-c2ccccc2-3)c1. The van der Waals surface area contributed by atoms with Crippen molar-refractivity contribution in [3.05, 3.63) is 162 Å². The summed E-state index contributed by atoms with van der Waals surface area (Å²) in [5, 5.41) is 6.73. The average molecular weight is 602 g/mol. The van der Waals surface area contributed by atoms with Crippen LogP contribution in [-0.2, 0) is 0 Å². The molecule has 1 nitrogen and oxygen atoms in total. The maximum Gasteiger partial charge on any atom is 0.0644 e. The molecule has 214 valence electrons. The van der Waals surface area contributed by atoms with Crippen LogP contribution in [0.4, 0.5) is 11.4 Å². The molecule has 0 amide bonds. The van der Waals surface area contributed by atoms with Gasteiger partial charge >= 0.3 is 0 Å². The molecule has 2 unspecified atom stereocenters. The van der Waals surface area contributed by atoms with Gasteiger partial charge in [0.05, 0.1) is 6.04 Å². The lowest BCUT2D eigenvalue weighted by Gasteiger charge is -2.30. The topological polar surface area (TPSA) is 3.24 Å². The Labute approximate surface area is 271 Å². The van der Waals surface area contributed by atoms with Gasteiger partial charge in [-0.2, -0.15) is 0 Å². The molecule has 0 radical (unpaired) electrons. The maximum absolute atomic E-state index is 2.61. The first-order valence-electron chi connectivity index (χ1n) is 16.1. The minimum atomic E-state index is 0.207. The van der Waals surface area contributed by atoms with Crippen LogP contribution < -0.4 is 4.90 Å². The number of benzene rings is 7. The van der Waals surface area contributed by atoms with Gasteiger partial charge in [0.2, 0.25) is 0 Å². The lowest BCUT2D eigenvalue weighted by molar-refractivity contribution is 0.740. The molecule has 7 aromatic carbocycles. The summed E-state index contributed by atoms with van der Waals surface area (Å²) >= 11 is 1.97. The quantitative estimate of drug-likeness (QED) is 0.190. The Bertz CT molecular complexity index is 2590. The van der Waals surface area contributed by atoms with E-state index in [-0.39, 0.29) is 12.0 Å². The standard InChI is InChI=1S/C44H27NS/c1-2-12-30-26(9-1)19-23-38-42(30)43-39(24-22-37-33-15-5-6-18-40(33)46-44(37)43)45(38)28-11-7-10-27(25-28)29-20-21-36-32-14-4-3-13-31(32)35-17-8-16-34(29)41(35)36/h1-25,39,43H. The summed E-state index contributed by atoms with van der Waals surface area (Å²) in [6.45, 7) is 0. The molecule has 0 spiro atoms. The van der Waals surface area contributed by atoms with Crippen molar-refractivity contribution in [2.45, 2.75) is 12.0 Å². The molecule has 2 atom stereocenters. The molecule has 0 bridgehead atoms. The highest BCUT2D eigenvalue weighted by Gasteiger charge is 2.43. The second-order valence-electron chi connectivity index (χ2n) is 12.8. The summed E-state index contributed by atoms with van der Waals surface area (Å²) in [7, 11) is 0. The highest BCUT2D eigenvalue weighted by molar-refractivity contribution is 7.19. The fourth-order valence-electron chi connectivity index (χ4n) is 8.66. The average Bonchev–Trinajstić information content (AvgIpc) is 3.77. The van der Waals surface area contributed by atoms with Gasteiger partial charge in [-0.25, -0.2) is 0 Å². The van der Waals surface area contributed by atoms with Gasteiger partial charge in [-0.15, -0.1) is 11.3 Å². The van der Waals surface area contributed by atoms with Gasteiger partial charge in [-0.3, -0.25) is 0 Å². The van der Waals surface area contributed by atoms with Crippen molar-refractivity contribution in [3.63, 3.8) is 0 Å². The first-order valence-corrected chi connectivity index (χ1v) is 16.9. The second kappa shape index (κ2) is 9.06. The van der Waals surface area contributed by atoms with Gasteiger partial charge in [0.25, 0.3) is 0 Å². The van der Waals surface area contributed by atoms with Crippen LogP contribution in [0.2, 0.25) is 0 Å². The van der Waals surface area contributed by atoms with E-state index >= 15 is 0 Å². The van der Waals surface area contributed by atoms with Crippen LogP contribution in [0, 0.1) is 0 Å². The number of thiophene rings is 1. The number of fused-ring (bicyclic) bond motifs is 12. The summed E-state index contributed by atoms with van der Waals surface area (Å²) in [6.07, 6.45) is 4.85. The van der Waals surface area contributed by atoms with E-state index in [1.54, 1.807) is 0 Å². The van der Waals surface area contributed by atoms with Crippen molar-refractivity contribution in [1.29, 1.82) is 0 Å². The number of hydrogen-bond donors (Lipinski definition) is 0. The summed E-state index contributed by atoms with van der Waals surface area (Å²) in [6, 6.07) is 52.2. The zero-order chi connectivity index (χ0) is 29.9. The van der Waals surface area contributed by atoms with Crippen molar-refractivity contribution < 1.29 is 0 Å². The van der Waals surface area contributed by atoms with Crippen LogP contribution >= 0.6 is 11.3 Å². The Morgan fingerprint density at radius 3 is 2.17 bits per heavy atom. The molecule has 1 aromatic heterocycles. The van der Waals surface area contributed by atoms with Gasteiger partial charge in [0.15, 0.2) is 0 Å². The van der Waals surface area contributed by atoms with Crippen LogP contribution in [-0.4, -0.2) is 6.04 Å². The lowest BCUT2D eigenvalue weighted by Crippen LogP contribution is -2.30. The van der Waals surface area contributed by atoms with E-state index in [2.05, 4.69) is 157 Å². The molecule has 8 aromatic rings. The van der Waals surface area contributed by atoms with Gasteiger partial charge in [0, 0.05) is 26.9 Å². The highest BCUT2D eigenvalue weighted by Crippen LogP contribution is 2.57. The third-order valence-corrected chi connectivity index (χ3v) is 11.8. The van der Waals surface area contributed by atoms with E-state index in [1.165, 1.54) is 92.4 Å². The predicted molar refractivity (Wildman–Crippen MR) is 196 cm³/mol. The molecular formula is C44H27NS. The third-order valence-electron chi connectivity index (χ3n) is 10.5. The molecular weight excluding hydrogens is 575 g/mol. The van der Waals surface area contributed by atoms with E-state index in [9.17, 15) is 0 Å². The molecule has 2 heteroatoms. The monoisotopic (exact) mass is 601 g/mol. The fraction of sp³-hybridized carbons (Fsp3) is 0.0455. The molecule has 46 heavy (non-hydrogen) atoms. The first kappa shape index (κ1) is 24.8. The lowest BCUT2D eigenvalue weighted by atomic mass is 9.84. The van der Waals surface area contributed by atoms with Gasteiger partial charge in [0.1, 0.15) is 0 Å². The Balaban J connectivity index is 1.12. The van der Waals surface area contributed by atoms with Gasteiger partial charge in [-0.05, 0) is 95.7 Å². The van der Waals surface area contributed by atoms with E-state index in [0.717, 1.165) is 0 Å². The molecule has 0 saturated heterocycles. The largest absolute Gasteiger partial charge is 0.333 e. The van der Waals surface area contributed by atoms with Crippen LogP contribution in [0.1, 0.15) is 21.9 Å². The van der Waals surface area contributed by atoms with Crippen molar-refractivity contribution in [2.24, 2.45) is 0 Å². The minimum absolute atomic E-state index is 0.207. The summed E-state index contributed by atoms with van der Waals surface area (Å²) < 4.78 is 1.37. The smallest absolute Gasteiger partial charge is 0.0644 e. The third kappa shape index (κ3) is 3.19. The van der Waals surface area contributed by atoms with E-state index in [0.29, 0.717) is 0 Å². The fourth-order valence-corrected chi connectivity index (χ4v) is 10.0. The van der Waals surface area contributed by atoms with Crippen molar-refractivity contribution in [1.82, 2.24) is 0 Å². The number of nitrogens with zero attached hydrogens (tertiary/aromatic N) is 1. The Morgan fingerprint density at radius 1 is 0.543 bits per heavy atom. The molecule has 0 N–H and O–H groups in total. The van der Waals surface area contributed by atoms with Crippen LogP contribution in [0.5, 0.6) is 0 Å². The second-order valence-corrected chi connectivity index (χ2v) is 13.9. The van der Waals surface area contributed by atoms with Crippen molar-refractivity contribution in [3.8, 4) is 33.4 Å². The number of rotatable bonds is 2. The molecule has 11 rings (SSSR count). The number of anilines is 2. The molecule has 2 aliphatic carbocycles. The van der Waals surface area contributed by atoms with E-state index in [1.807, 2.05) is 11.3 Å². The van der Waals surface area contributed by atoms with Crippen LogP contribution in [0.3, 0.4) is 0 Å². The highest BCUT2D eigenvalue weighted by atomic mass is 32.1. The first-order chi connectivity index (χ1) is 22.8. The molecule has 2 heterocycles. The molecule has 0 fully saturated rings. The van der Waals surface area contributed by atoms with Crippen molar-refractivity contribution >= 4 is 60.4 Å². The summed E-state index contributed by atoms with van der Waals surface area (Å²) in [4.78, 5) is 4.09. The summed E-state index contributed by atoms with van der Waals surface area (Å²) in [5.41, 5.74) is 13.3. The van der Waals surface area contributed by atoms with Crippen LogP contribution in [0.25, 0.3) is 71.1 Å². The predicted octanol–water partition coefficient (Wildman–Crippen LogP) is 12.2.